The van der Waals surface area contributed by atoms with Gasteiger partial charge in [-0.25, -0.2) is 8.78 Å². The fraction of sp³-hybridized carbons (Fsp3) is 0.316. The van der Waals surface area contributed by atoms with Gasteiger partial charge in [0.1, 0.15) is 13.2 Å². The summed E-state index contributed by atoms with van der Waals surface area (Å²) in [6.45, 7) is -0.109. The molecular formula is C19H16ClF2N3O2S. The van der Waals surface area contributed by atoms with Crippen molar-refractivity contribution in [3.63, 3.8) is 0 Å². The van der Waals surface area contributed by atoms with Gasteiger partial charge in [0.05, 0.1) is 29.2 Å². The van der Waals surface area contributed by atoms with Crippen LogP contribution in [0.25, 0.3) is 21.2 Å². The minimum absolute atomic E-state index is 0.223. The van der Waals surface area contributed by atoms with E-state index in [1.165, 1.54) is 20.8 Å². The lowest BCUT2D eigenvalue weighted by atomic mass is 9.98. The number of halogens is 3. The number of aryl methyl sites for hydroxylation is 1. The molecule has 5 nitrogen and oxygen atoms in total. The Morgan fingerprint density at radius 1 is 1.43 bits per heavy atom. The Morgan fingerprint density at radius 3 is 2.86 bits per heavy atom. The number of pyridine rings is 2. The normalized spacial score (nSPS) is 15.6. The molecule has 3 aromatic rings. The van der Waals surface area contributed by atoms with Crippen molar-refractivity contribution in [3.8, 4) is 11.1 Å². The molecule has 1 aliphatic heterocycles. The molecule has 0 N–H and O–H groups in total. The molecule has 4 rings (SSSR count). The maximum absolute atomic E-state index is 13.7. The number of alkyl halides is 2. The lowest BCUT2D eigenvalue weighted by Crippen LogP contribution is -2.62. The van der Waals surface area contributed by atoms with E-state index in [1.54, 1.807) is 31.5 Å². The topological polar surface area (TPSA) is 55.2 Å². The van der Waals surface area contributed by atoms with Crippen molar-refractivity contribution >= 4 is 38.9 Å². The summed E-state index contributed by atoms with van der Waals surface area (Å²) in [6, 6.07) is 3.52. The van der Waals surface area contributed by atoms with Crippen LogP contribution in [0.4, 0.5) is 8.78 Å². The van der Waals surface area contributed by atoms with E-state index in [0.29, 0.717) is 21.7 Å². The van der Waals surface area contributed by atoms with Crippen molar-refractivity contribution in [3.05, 3.63) is 51.0 Å². The predicted molar refractivity (Wildman–Crippen MR) is 105 cm³/mol. The lowest BCUT2D eigenvalue weighted by molar-refractivity contribution is -0.147. The van der Waals surface area contributed by atoms with Gasteiger partial charge in [0.25, 0.3) is 5.56 Å². The van der Waals surface area contributed by atoms with Crippen molar-refractivity contribution in [1.82, 2.24) is 14.5 Å². The Balaban J connectivity index is 1.66. The fourth-order valence-corrected chi connectivity index (χ4v) is 4.34. The van der Waals surface area contributed by atoms with Gasteiger partial charge in [0, 0.05) is 33.6 Å². The summed E-state index contributed by atoms with van der Waals surface area (Å²) in [4.78, 5) is 30.8. The second-order valence-corrected chi connectivity index (χ2v) is 8.28. The van der Waals surface area contributed by atoms with Gasteiger partial charge >= 0.3 is 0 Å². The number of carbonyl (C=O) groups excluding carboxylic acids is 1. The zero-order chi connectivity index (χ0) is 20.1. The van der Waals surface area contributed by atoms with Gasteiger partial charge in [-0.15, -0.1) is 11.3 Å². The average Bonchev–Trinajstić information content (AvgIpc) is 3.08. The smallest absolute Gasteiger partial charge is 0.260 e. The molecule has 0 aliphatic carbocycles. The van der Waals surface area contributed by atoms with E-state index in [0.717, 1.165) is 10.3 Å². The number of nitrogens with zero attached hydrogens (tertiary/aromatic N) is 3. The van der Waals surface area contributed by atoms with Crippen LogP contribution in [-0.2, 0) is 11.3 Å². The van der Waals surface area contributed by atoms with Gasteiger partial charge < -0.3 is 9.47 Å². The number of fused-ring (bicyclic) bond motifs is 1. The van der Waals surface area contributed by atoms with Crippen molar-refractivity contribution in [2.24, 2.45) is 0 Å². The number of hydrogen-bond acceptors (Lipinski definition) is 4. The molecule has 4 heterocycles. The number of rotatable bonds is 4. The van der Waals surface area contributed by atoms with E-state index >= 15 is 0 Å². The molecule has 0 saturated carbocycles. The summed E-state index contributed by atoms with van der Waals surface area (Å²) >= 11 is 7.58. The Bertz CT molecular complexity index is 1140. The Labute approximate surface area is 168 Å². The van der Waals surface area contributed by atoms with Crippen LogP contribution in [0.1, 0.15) is 5.69 Å². The first-order chi connectivity index (χ1) is 13.3. The molecule has 0 atom stereocenters. The van der Waals surface area contributed by atoms with E-state index in [2.05, 4.69) is 4.98 Å². The summed E-state index contributed by atoms with van der Waals surface area (Å²) < 4.78 is 28.3. The fourth-order valence-electron chi connectivity index (χ4n) is 3.22. The van der Waals surface area contributed by atoms with Gasteiger partial charge in [0.2, 0.25) is 5.91 Å². The summed E-state index contributed by atoms with van der Waals surface area (Å²) in [5.41, 5.74) is -0.166. The number of aromatic nitrogens is 2. The first kappa shape index (κ1) is 19.0. The number of likely N-dealkylation sites (tertiary alicyclic amines) is 1. The van der Waals surface area contributed by atoms with Gasteiger partial charge in [-0.2, -0.15) is 0 Å². The van der Waals surface area contributed by atoms with Gasteiger partial charge in [-0.05, 0) is 19.1 Å². The SMILES string of the molecule is Cc1ncc(-c2csc3ccn(CC(=O)N4CC(F)(CF)C4)c(=O)c23)cc1Cl. The second-order valence-electron chi connectivity index (χ2n) is 6.96. The van der Waals surface area contributed by atoms with E-state index in [1.807, 2.05) is 5.38 Å². The predicted octanol–water partition coefficient (Wildman–Crippen LogP) is 3.61. The largest absolute Gasteiger partial charge is 0.334 e. The lowest BCUT2D eigenvalue weighted by Gasteiger charge is -2.42. The van der Waals surface area contributed by atoms with Crippen LogP contribution in [0.2, 0.25) is 5.02 Å². The summed E-state index contributed by atoms with van der Waals surface area (Å²) in [7, 11) is 0. The Morgan fingerprint density at radius 2 is 2.18 bits per heavy atom. The quantitative estimate of drug-likeness (QED) is 0.644. The van der Waals surface area contributed by atoms with Crippen molar-refractivity contribution in [2.75, 3.05) is 19.8 Å². The van der Waals surface area contributed by atoms with E-state index in [-0.39, 0.29) is 25.2 Å². The van der Waals surface area contributed by atoms with Gasteiger partial charge in [-0.3, -0.25) is 14.6 Å². The first-order valence-corrected chi connectivity index (χ1v) is 9.83. The third-order valence-corrected chi connectivity index (χ3v) is 6.21. The van der Waals surface area contributed by atoms with Crippen LogP contribution in [0.5, 0.6) is 0 Å². The summed E-state index contributed by atoms with van der Waals surface area (Å²) in [5.74, 6) is -0.417. The molecule has 0 aromatic carbocycles. The molecule has 1 aliphatic rings. The number of amides is 1. The molecule has 3 aromatic heterocycles. The zero-order valence-corrected chi connectivity index (χ0v) is 16.5. The van der Waals surface area contributed by atoms with Crippen LogP contribution in [0.3, 0.4) is 0 Å². The zero-order valence-electron chi connectivity index (χ0n) is 14.9. The number of carbonyl (C=O) groups is 1. The van der Waals surface area contributed by atoms with Crippen molar-refractivity contribution < 1.29 is 13.6 Å². The highest BCUT2D eigenvalue weighted by atomic mass is 35.5. The second kappa shape index (κ2) is 6.93. The van der Waals surface area contributed by atoms with Gasteiger partial charge in [0.15, 0.2) is 5.67 Å². The molecule has 0 bridgehead atoms. The molecule has 1 amide bonds. The highest BCUT2D eigenvalue weighted by Gasteiger charge is 2.45. The monoisotopic (exact) mass is 423 g/mol. The van der Waals surface area contributed by atoms with Crippen LogP contribution in [-0.4, -0.2) is 45.8 Å². The molecule has 1 saturated heterocycles. The van der Waals surface area contributed by atoms with E-state index in [4.69, 9.17) is 11.6 Å². The Kier molecular flexibility index (Phi) is 4.71. The maximum Gasteiger partial charge on any atom is 0.260 e. The molecule has 146 valence electrons. The third-order valence-electron chi connectivity index (χ3n) is 4.88. The van der Waals surface area contributed by atoms with E-state index < -0.39 is 18.3 Å². The molecule has 9 heteroatoms. The molecule has 1 fully saturated rings. The molecule has 0 unspecified atom stereocenters. The van der Waals surface area contributed by atoms with Crippen LogP contribution in [0, 0.1) is 6.92 Å². The highest BCUT2D eigenvalue weighted by Crippen LogP contribution is 2.33. The number of hydrogen-bond donors (Lipinski definition) is 0. The standard InChI is InChI=1S/C19H16ClF2N3O2S/c1-11-14(20)4-12(5-23-11)13-7-28-15-2-3-24(18(27)17(13)15)6-16(26)25-9-19(22,8-21)10-25/h2-5,7H,6,8-10H2,1H3. The van der Waals surface area contributed by atoms with Gasteiger partial charge in [-0.1, -0.05) is 11.6 Å². The molecule has 0 radical (unpaired) electrons. The molecular weight excluding hydrogens is 408 g/mol. The average molecular weight is 424 g/mol. The molecule has 28 heavy (non-hydrogen) atoms. The summed E-state index contributed by atoms with van der Waals surface area (Å²) in [6.07, 6.45) is 3.20. The van der Waals surface area contributed by atoms with Crippen LogP contribution >= 0.6 is 22.9 Å². The van der Waals surface area contributed by atoms with Crippen LogP contribution < -0.4 is 5.56 Å². The molecule has 0 spiro atoms. The third kappa shape index (κ3) is 3.20. The number of thiophene rings is 1. The highest BCUT2D eigenvalue weighted by molar-refractivity contribution is 7.17. The van der Waals surface area contributed by atoms with Crippen molar-refractivity contribution in [1.29, 1.82) is 0 Å². The summed E-state index contributed by atoms with van der Waals surface area (Å²) in [5, 5.41) is 2.84. The van der Waals surface area contributed by atoms with Crippen molar-refractivity contribution in [2.45, 2.75) is 19.1 Å². The minimum Gasteiger partial charge on any atom is -0.334 e. The van der Waals surface area contributed by atoms with E-state index in [9.17, 15) is 18.4 Å². The Hall–Kier alpha value is -2.32. The maximum atomic E-state index is 13.7. The first-order valence-electron chi connectivity index (χ1n) is 8.57. The minimum atomic E-state index is -1.96. The van der Waals surface area contributed by atoms with Crippen LogP contribution in [0.15, 0.2) is 34.7 Å².